The fraction of sp³-hybridized carbons (Fsp3) is 0.400. The summed E-state index contributed by atoms with van der Waals surface area (Å²) in [4.78, 5) is 20.9. The highest BCUT2D eigenvalue weighted by Gasteiger charge is 2.39. The monoisotopic (exact) mass is 306 g/mol. The van der Waals surface area contributed by atoms with Crippen LogP contribution in [0.1, 0.15) is 25.7 Å². The van der Waals surface area contributed by atoms with Crippen molar-refractivity contribution in [1.29, 1.82) is 0 Å². The van der Waals surface area contributed by atoms with Crippen LogP contribution in [0.3, 0.4) is 0 Å². The van der Waals surface area contributed by atoms with Gasteiger partial charge in [0.25, 0.3) is 0 Å². The maximum atomic E-state index is 12.5. The first kappa shape index (κ1) is 15.7. The lowest BCUT2D eigenvalue weighted by atomic mass is 9.85. The molecule has 2 aromatic rings. The molecule has 3 rings (SSSR count). The lowest BCUT2D eigenvalue weighted by molar-refractivity contribution is -0.124. The minimum absolute atomic E-state index is 0. The Labute approximate surface area is 129 Å². The van der Waals surface area contributed by atoms with Crippen LogP contribution >= 0.6 is 12.4 Å². The van der Waals surface area contributed by atoms with Gasteiger partial charge in [-0.15, -0.1) is 12.4 Å². The Kier molecular flexibility index (Phi) is 4.75. The van der Waals surface area contributed by atoms with Crippen LogP contribution in [0.5, 0.6) is 0 Å². The fourth-order valence-corrected chi connectivity index (χ4v) is 2.88. The third-order valence-corrected chi connectivity index (χ3v) is 4.16. The Bertz CT molecular complexity index is 640. The molecule has 0 spiro atoms. The van der Waals surface area contributed by atoms with Gasteiger partial charge < -0.3 is 11.1 Å². The summed E-state index contributed by atoms with van der Waals surface area (Å²) in [6.07, 6.45) is 7.21. The van der Waals surface area contributed by atoms with Gasteiger partial charge in [0, 0.05) is 24.6 Å². The van der Waals surface area contributed by atoms with Gasteiger partial charge in [-0.2, -0.15) is 0 Å². The third kappa shape index (κ3) is 2.99. The lowest BCUT2D eigenvalue weighted by Crippen LogP contribution is -2.40. The number of anilines is 1. The average Bonchev–Trinajstić information content (AvgIpc) is 2.97. The van der Waals surface area contributed by atoms with Crippen molar-refractivity contribution in [2.45, 2.75) is 25.7 Å². The van der Waals surface area contributed by atoms with Gasteiger partial charge >= 0.3 is 0 Å². The standard InChI is InChI=1S/C15H18N4O.ClH/c16-10-15(5-1-2-6-15)14(20)19-11-3-4-12-13(9-11)18-8-7-17-12;/h3-4,7-9H,1-2,5-6,10,16H2,(H,19,20);1H. The number of hydrogen-bond donors (Lipinski definition) is 2. The highest BCUT2D eigenvalue weighted by molar-refractivity contribution is 5.97. The predicted octanol–water partition coefficient (Wildman–Crippen LogP) is 2.51. The quantitative estimate of drug-likeness (QED) is 0.913. The van der Waals surface area contributed by atoms with E-state index in [0.29, 0.717) is 6.54 Å². The van der Waals surface area contributed by atoms with Gasteiger partial charge in [0.05, 0.1) is 16.4 Å². The molecule has 0 radical (unpaired) electrons. The minimum atomic E-state index is -0.392. The molecule has 1 amide bonds. The van der Waals surface area contributed by atoms with Crippen LogP contribution in [-0.4, -0.2) is 22.4 Å². The Morgan fingerprint density at radius 2 is 1.86 bits per heavy atom. The molecule has 0 atom stereocenters. The summed E-state index contributed by atoms with van der Waals surface area (Å²) >= 11 is 0. The van der Waals surface area contributed by atoms with E-state index in [4.69, 9.17) is 5.73 Å². The van der Waals surface area contributed by atoms with Gasteiger partial charge in [0.2, 0.25) is 5.91 Å². The molecule has 6 heteroatoms. The molecule has 5 nitrogen and oxygen atoms in total. The maximum Gasteiger partial charge on any atom is 0.231 e. The lowest BCUT2D eigenvalue weighted by Gasteiger charge is -2.25. The van der Waals surface area contributed by atoms with E-state index in [-0.39, 0.29) is 18.3 Å². The largest absolute Gasteiger partial charge is 0.329 e. The van der Waals surface area contributed by atoms with Gasteiger partial charge in [0.15, 0.2) is 0 Å². The van der Waals surface area contributed by atoms with E-state index in [1.54, 1.807) is 12.4 Å². The number of carbonyl (C=O) groups is 1. The summed E-state index contributed by atoms with van der Waals surface area (Å²) in [5, 5.41) is 2.98. The summed E-state index contributed by atoms with van der Waals surface area (Å²) in [6, 6.07) is 5.56. The number of nitrogens with one attached hydrogen (secondary N) is 1. The molecular weight excluding hydrogens is 288 g/mol. The van der Waals surface area contributed by atoms with Crippen molar-refractivity contribution in [2.24, 2.45) is 11.1 Å². The third-order valence-electron chi connectivity index (χ3n) is 4.16. The summed E-state index contributed by atoms with van der Waals surface area (Å²) < 4.78 is 0. The van der Waals surface area contributed by atoms with Gasteiger partial charge in [-0.1, -0.05) is 12.8 Å². The van der Waals surface area contributed by atoms with E-state index in [9.17, 15) is 4.79 Å². The first-order valence-electron chi connectivity index (χ1n) is 6.96. The average molecular weight is 307 g/mol. The number of nitrogens with two attached hydrogens (primary N) is 1. The Balaban J connectivity index is 0.00000161. The number of benzene rings is 1. The van der Waals surface area contributed by atoms with Crippen molar-refractivity contribution < 1.29 is 4.79 Å². The molecular formula is C15H19ClN4O. The van der Waals surface area contributed by atoms with Gasteiger partial charge in [0.1, 0.15) is 0 Å². The zero-order chi connectivity index (χ0) is 14.0. The van der Waals surface area contributed by atoms with Crippen LogP contribution in [0.2, 0.25) is 0 Å². The smallest absolute Gasteiger partial charge is 0.231 e. The topological polar surface area (TPSA) is 80.9 Å². The van der Waals surface area contributed by atoms with Gasteiger partial charge in [-0.05, 0) is 31.0 Å². The molecule has 0 unspecified atom stereocenters. The molecule has 1 heterocycles. The Morgan fingerprint density at radius 1 is 1.19 bits per heavy atom. The summed E-state index contributed by atoms with van der Waals surface area (Å²) in [7, 11) is 0. The number of hydrogen-bond acceptors (Lipinski definition) is 4. The summed E-state index contributed by atoms with van der Waals surface area (Å²) in [5.74, 6) is 0.0285. The molecule has 21 heavy (non-hydrogen) atoms. The molecule has 1 aromatic heterocycles. The molecule has 3 N–H and O–H groups in total. The minimum Gasteiger partial charge on any atom is -0.329 e. The van der Waals surface area contributed by atoms with Gasteiger partial charge in [-0.25, -0.2) is 0 Å². The Morgan fingerprint density at radius 3 is 2.52 bits per heavy atom. The van der Waals surface area contributed by atoms with E-state index in [0.717, 1.165) is 42.4 Å². The van der Waals surface area contributed by atoms with Crippen molar-refractivity contribution >= 4 is 35.0 Å². The molecule has 0 aliphatic heterocycles. The number of amides is 1. The highest BCUT2D eigenvalue weighted by Crippen LogP contribution is 2.38. The fourth-order valence-electron chi connectivity index (χ4n) is 2.88. The maximum absolute atomic E-state index is 12.5. The second kappa shape index (κ2) is 6.37. The number of aromatic nitrogens is 2. The normalized spacial score (nSPS) is 16.4. The van der Waals surface area contributed by atoms with E-state index >= 15 is 0 Å². The molecule has 0 bridgehead atoms. The van der Waals surface area contributed by atoms with E-state index < -0.39 is 5.41 Å². The first-order chi connectivity index (χ1) is 9.73. The molecule has 1 saturated carbocycles. The number of halogens is 1. The van der Waals surface area contributed by atoms with Crippen LogP contribution in [-0.2, 0) is 4.79 Å². The number of carbonyl (C=O) groups excluding carboxylic acids is 1. The Hall–Kier alpha value is -1.72. The first-order valence-corrected chi connectivity index (χ1v) is 6.96. The van der Waals surface area contributed by atoms with Crippen molar-refractivity contribution in [3.63, 3.8) is 0 Å². The SMILES string of the molecule is Cl.NCC1(C(=O)Nc2ccc3nccnc3c2)CCCC1. The van der Waals surface area contributed by atoms with Crippen molar-refractivity contribution in [3.05, 3.63) is 30.6 Å². The van der Waals surface area contributed by atoms with Crippen LogP contribution in [0.4, 0.5) is 5.69 Å². The summed E-state index contributed by atoms with van der Waals surface area (Å²) in [5.41, 5.74) is 7.79. The van der Waals surface area contributed by atoms with Crippen LogP contribution in [0, 0.1) is 5.41 Å². The number of nitrogens with zero attached hydrogens (tertiary/aromatic N) is 2. The molecule has 1 fully saturated rings. The van der Waals surface area contributed by atoms with Crippen molar-refractivity contribution in [2.75, 3.05) is 11.9 Å². The zero-order valence-corrected chi connectivity index (χ0v) is 12.5. The van der Waals surface area contributed by atoms with Crippen LogP contribution < -0.4 is 11.1 Å². The molecule has 0 saturated heterocycles. The van der Waals surface area contributed by atoms with Crippen LogP contribution in [0.15, 0.2) is 30.6 Å². The second-order valence-corrected chi connectivity index (χ2v) is 5.41. The molecule has 1 aliphatic carbocycles. The van der Waals surface area contributed by atoms with E-state index in [2.05, 4.69) is 15.3 Å². The van der Waals surface area contributed by atoms with Crippen molar-refractivity contribution in [1.82, 2.24) is 9.97 Å². The van der Waals surface area contributed by atoms with E-state index in [1.807, 2.05) is 18.2 Å². The second-order valence-electron chi connectivity index (χ2n) is 5.41. The zero-order valence-electron chi connectivity index (χ0n) is 11.7. The van der Waals surface area contributed by atoms with E-state index in [1.165, 1.54) is 0 Å². The number of fused-ring (bicyclic) bond motifs is 1. The molecule has 112 valence electrons. The predicted molar refractivity (Wildman–Crippen MR) is 85.4 cm³/mol. The highest BCUT2D eigenvalue weighted by atomic mass is 35.5. The van der Waals surface area contributed by atoms with Crippen molar-refractivity contribution in [3.8, 4) is 0 Å². The number of rotatable bonds is 3. The summed E-state index contributed by atoms with van der Waals surface area (Å²) in [6.45, 7) is 0.409. The van der Waals surface area contributed by atoms with Crippen LogP contribution in [0.25, 0.3) is 11.0 Å². The molecule has 1 aliphatic rings. The van der Waals surface area contributed by atoms with Gasteiger partial charge in [-0.3, -0.25) is 14.8 Å². The molecule has 1 aromatic carbocycles.